The summed E-state index contributed by atoms with van der Waals surface area (Å²) >= 11 is 0. The maximum atomic E-state index is 12.4. The summed E-state index contributed by atoms with van der Waals surface area (Å²) in [7, 11) is -0.403. The second-order valence-corrected chi connectivity index (χ2v) is 7.98. The molecule has 0 aliphatic rings. The third-order valence-corrected chi connectivity index (χ3v) is 5.94. The first-order chi connectivity index (χ1) is 12.3. The number of aryl methyl sites for hydroxylation is 2. The van der Waals surface area contributed by atoms with E-state index in [0.717, 1.165) is 25.8 Å². The Morgan fingerprint density at radius 2 is 1.19 bits per heavy atom. The number of rotatable bonds is 4. The van der Waals surface area contributed by atoms with E-state index in [4.69, 9.17) is 0 Å². The predicted octanol–water partition coefficient (Wildman–Crippen LogP) is 6.30. The van der Waals surface area contributed by atoms with E-state index >= 15 is 0 Å². The van der Waals surface area contributed by atoms with Crippen LogP contribution >= 0.6 is 0 Å². The Morgan fingerprint density at radius 1 is 0.692 bits per heavy atom. The molecule has 0 spiro atoms. The highest BCUT2D eigenvalue weighted by Crippen LogP contribution is 2.33. The summed E-state index contributed by atoms with van der Waals surface area (Å²) in [6, 6.07) is 22.5. The molecule has 0 aromatic heterocycles. The minimum atomic E-state index is -4.68. The van der Waals surface area contributed by atoms with Crippen molar-refractivity contribution in [1.29, 1.82) is 0 Å². The normalized spacial score (nSPS) is 11.6. The largest absolute Gasteiger partial charge is 0.573 e. The van der Waals surface area contributed by atoms with Crippen LogP contribution in [0.2, 0.25) is 0 Å². The topological polar surface area (TPSA) is 9.23 Å². The Bertz CT molecular complexity index is 843. The summed E-state index contributed by atoms with van der Waals surface area (Å²) in [5.41, 5.74) is 2.29. The van der Waals surface area contributed by atoms with Crippen LogP contribution in [0.1, 0.15) is 11.1 Å². The summed E-state index contributed by atoms with van der Waals surface area (Å²) in [5.74, 6) is -0.210. The molecule has 5 heteroatoms. The van der Waals surface area contributed by atoms with Crippen molar-refractivity contribution in [3.63, 3.8) is 0 Å². The fourth-order valence-corrected chi connectivity index (χ4v) is 4.93. The van der Waals surface area contributed by atoms with Crippen LogP contribution < -0.4 is 4.74 Å². The molecular weight excluding hydrogens is 357 g/mol. The SMILES string of the molecule is Cc1cccc([S+](c2ccc(OC(F)(F)F)cc2)c2cccc(C)c2)c1. The molecule has 0 saturated carbocycles. The molecule has 0 bridgehead atoms. The second kappa shape index (κ2) is 7.46. The lowest BCUT2D eigenvalue weighted by molar-refractivity contribution is -0.274. The van der Waals surface area contributed by atoms with Gasteiger partial charge in [-0.05, 0) is 73.5 Å². The quantitative estimate of drug-likeness (QED) is 0.487. The Balaban J connectivity index is 2.03. The van der Waals surface area contributed by atoms with Crippen molar-refractivity contribution >= 4 is 10.9 Å². The van der Waals surface area contributed by atoms with Crippen molar-refractivity contribution in [3.8, 4) is 5.75 Å². The highest BCUT2D eigenvalue weighted by atomic mass is 32.2. The van der Waals surface area contributed by atoms with Crippen molar-refractivity contribution in [3.05, 3.63) is 83.9 Å². The van der Waals surface area contributed by atoms with E-state index in [1.54, 1.807) is 12.1 Å². The Labute approximate surface area is 153 Å². The molecule has 0 aliphatic carbocycles. The summed E-state index contributed by atoms with van der Waals surface area (Å²) < 4.78 is 41.2. The van der Waals surface area contributed by atoms with Gasteiger partial charge in [-0.3, -0.25) is 0 Å². The first-order valence-electron chi connectivity index (χ1n) is 8.05. The molecule has 3 aromatic carbocycles. The van der Waals surface area contributed by atoms with E-state index in [9.17, 15) is 13.2 Å². The molecule has 0 saturated heterocycles. The Hall–Kier alpha value is -2.40. The van der Waals surface area contributed by atoms with Crippen molar-refractivity contribution in [2.24, 2.45) is 0 Å². The number of hydrogen-bond acceptors (Lipinski definition) is 1. The predicted molar refractivity (Wildman–Crippen MR) is 97.6 cm³/mol. The Kier molecular flexibility index (Phi) is 5.28. The summed E-state index contributed by atoms with van der Waals surface area (Å²) in [4.78, 5) is 3.19. The van der Waals surface area contributed by atoms with Gasteiger partial charge in [-0.2, -0.15) is 0 Å². The molecule has 0 unspecified atom stereocenters. The highest BCUT2D eigenvalue weighted by molar-refractivity contribution is 7.97. The van der Waals surface area contributed by atoms with Gasteiger partial charge in [0.05, 0.1) is 10.9 Å². The number of halogens is 3. The van der Waals surface area contributed by atoms with Crippen molar-refractivity contribution in [1.82, 2.24) is 0 Å². The monoisotopic (exact) mass is 375 g/mol. The smallest absolute Gasteiger partial charge is 0.406 e. The Morgan fingerprint density at radius 3 is 1.62 bits per heavy atom. The highest BCUT2D eigenvalue weighted by Gasteiger charge is 2.32. The molecule has 0 atom stereocenters. The zero-order chi connectivity index (χ0) is 18.7. The van der Waals surface area contributed by atoms with E-state index in [-0.39, 0.29) is 5.75 Å². The van der Waals surface area contributed by atoms with Crippen LogP contribution in [0.4, 0.5) is 13.2 Å². The zero-order valence-electron chi connectivity index (χ0n) is 14.4. The van der Waals surface area contributed by atoms with Gasteiger partial charge in [-0.1, -0.05) is 24.3 Å². The van der Waals surface area contributed by atoms with Gasteiger partial charge in [-0.15, -0.1) is 13.2 Å². The van der Waals surface area contributed by atoms with Crippen molar-refractivity contribution in [2.75, 3.05) is 0 Å². The summed E-state index contributed by atoms with van der Waals surface area (Å²) in [5, 5.41) is 0. The number of benzene rings is 3. The number of hydrogen-bond donors (Lipinski definition) is 0. The van der Waals surface area contributed by atoms with Gasteiger partial charge < -0.3 is 4.74 Å². The molecule has 0 amide bonds. The minimum Gasteiger partial charge on any atom is -0.406 e. The van der Waals surface area contributed by atoms with Crippen molar-refractivity contribution in [2.45, 2.75) is 34.9 Å². The molecule has 3 rings (SSSR count). The molecule has 3 aromatic rings. The standard InChI is InChI=1S/C21H18F3OS/c1-15-5-3-7-19(13-15)26(20-8-4-6-16(2)14-20)18-11-9-17(10-12-18)25-21(22,23)24/h3-14H,1-2H3/q+1. The van der Waals surface area contributed by atoms with Crippen LogP contribution in [0.25, 0.3) is 0 Å². The lowest BCUT2D eigenvalue weighted by Crippen LogP contribution is -2.17. The number of alkyl halides is 3. The fraction of sp³-hybridized carbons (Fsp3) is 0.143. The molecule has 0 radical (unpaired) electrons. The second-order valence-electron chi connectivity index (χ2n) is 5.96. The molecule has 0 heterocycles. The fourth-order valence-electron chi connectivity index (χ4n) is 2.67. The summed E-state index contributed by atoms with van der Waals surface area (Å²) in [6.07, 6.45) is -4.68. The van der Waals surface area contributed by atoms with Crippen LogP contribution in [0, 0.1) is 13.8 Å². The van der Waals surface area contributed by atoms with Crippen LogP contribution in [0.3, 0.4) is 0 Å². The third kappa shape index (κ3) is 4.61. The molecule has 1 nitrogen and oxygen atoms in total. The lowest BCUT2D eigenvalue weighted by atomic mass is 10.2. The van der Waals surface area contributed by atoms with Crippen molar-refractivity contribution < 1.29 is 17.9 Å². The van der Waals surface area contributed by atoms with E-state index in [0.29, 0.717) is 0 Å². The molecule has 0 aliphatic heterocycles. The van der Waals surface area contributed by atoms with E-state index < -0.39 is 17.3 Å². The van der Waals surface area contributed by atoms with E-state index in [2.05, 4.69) is 29.0 Å². The van der Waals surface area contributed by atoms with Gasteiger partial charge in [0, 0.05) is 0 Å². The molecular formula is C21H18F3OS+. The van der Waals surface area contributed by atoms with Gasteiger partial charge in [0.25, 0.3) is 0 Å². The first kappa shape index (κ1) is 18.4. The van der Waals surface area contributed by atoms with Crippen LogP contribution in [-0.4, -0.2) is 6.36 Å². The van der Waals surface area contributed by atoms with Gasteiger partial charge in [0.1, 0.15) is 5.75 Å². The van der Waals surface area contributed by atoms with Gasteiger partial charge in [-0.25, -0.2) is 0 Å². The molecule has 0 N–H and O–H groups in total. The van der Waals surface area contributed by atoms with E-state index in [1.807, 2.05) is 38.1 Å². The average Bonchev–Trinajstić information content (AvgIpc) is 2.56. The molecule has 0 fully saturated rings. The molecule has 134 valence electrons. The molecule has 26 heavy (non-hydrogen) atoms. The van der Waals surface area contributed by atoms with Crippen LogP contribution in [0.15, 0.2) is 87.5 Å². The minimum absolute atomic E-state index is 0.210. The van der Waals surface area contributed by atoms with E-state index in [1.165, 1.54) is 12.1 Å². The zero-order valence-corrected chi connectivity index (χ0v) is 15.2. The first-order valence-corrected chi connectivity index (χ1v) is 9.28. The maximum absolute atomic E-state index is 12.4. The van der Waals surface area contributed by atoms with Gasteiger partial charge >= 0.3 is 6.36 Å². The van der Waals surface area contributed by atoms with Crippen LogP contribution in [-0.2, 0) is 10.9 Å². The van der Waals surface area contributed by atoms with Crippen LogP contribution in [0.5, 0.6) is 5.75 Å². The number of ether oxygens (including phenoxy) is 1. The van der Waals surface area contributed by atoms with Gasteiger partial charge in [0.2, 0.25) is 0 Å². The average molecular weight is 375 g/mol. The lowest BCUT2D eigenvalue weighted by Gasteiger charge is -2.11. The summed E-state index contributed by atoms with van der Waals surface area (Å²) in [6.45, 7) is 4.06. The van der Waals surface area contributed by atoms with Gasteiger partial charge in [0.15, 0.2) is 14.7 Å². The third-order valence-electron chi connectivity index (χ3n) is 3.74. The maximum Gasteiger partial charge on any atom is 0.573 e.